The van der Waals surface area contributed by atoms with Crippen molar-refractivity contribution in [1.82, 2.24) is 0 Å². The molecule has 0 atom stereocenters. The van der Waals surface area contributed by atoms with Gasteiger partial charge in [-0.05, 0) is 59.8 Å². The van der Waals surface area contributed by atoms with Gasteiger partial charge in [0, 0.05) is 17.7 Å². The third-order valence-corrected chi connectivity index (χ3v) is 5.52. The van der Waals surface area contributed by atoms with Gasteiger partial charge in [0.1, 0.15) is 7.05 Å². The number of rotatable bonds is 1. The Morgan fingerprint density at radius 3 is 2.65 bits per heavy atom. The SMILES string of the molecule is [2H]c1c(C)[n+](C)c(-c2cc3sccc3cc2C)c2cc(C)ccc12. The molecule has 4 rings (SSSR count). The minimum absolute atomic E-state index is 0.617. The molecule has 23 heavy (non-hydrogen) atoms. The van der Waals surface area contributed by atoms with E-state index in [2.05, 4.69) is 67.2 Å². The number of pyridine rings is 1. The van der Waals surface area contributed by atoms with Crippen LogP contribution in [0.1, 0.15) is 18.2 Å². The van der Waals surface area contributed by atoms with E-state index in [1.165, 1.54) is 32.5 Å². The number of thiophene rings is 1. The molecule has 0 aliphatic heterocycles. The van der Waals surface area contributed by atoms with Crippen LogP contribution in [0.25, 0.3) is 32.1 Å². The number of aromatic nitrogens is 1. The zero-order valence-corrected chi connectivity index (χ0v) is 14.7. The van der Waals surface area contributed by atoms with Crippen molar-refractivity contribution in [3.05, 3.63) is 64.6 Å². The molecule has 1 nitrogen and oxygen atoms in total. The minimum atomic E-state index is 0.617. The van der Waals surface area contributed by atoms with E-state index in [1.807, 2.05) is 6.92 Å². The van der Waals surface area contributed by atoms with Crippen molar-refractivity contribution in [3.8, 4) is 11.3 Å². The summed E-state index contributed by atoms with van der Waals surface area (Å²) in [6, 6.07) is 13.8. The van der Waals surface area contributed by atoms with Gasteiger partial charge in [-0.15, -0.1) is 11.3 Å². The van der Waals surface area contributed by atoms with Crippen LogP contribution in [0.2, 0.25) is 0 Å². The molecule has 0 aliphatic carbocycles. The Labute approximate surface area is 142 Å². The Morgan fingerprint density at radius 2 is 1.83 bits per heavy atom. The summed E-state index contributed by atoms with van der Waals surface area (Å²) in [5.74, 6) is 0. The monoisotopic (exact) mass is 319 g/mol. The molecule has 0 fully saturated rings. The van der Waals surface area contributed by atoms with Gasteiger partial charge in [0.05, 0.1) is 12.3 Å². The molecule has 0 unspecified atom stereocenters. The lowest BCUT2D eigenvalue weighted by Crippen LogP contribution is -2.35. The fourth-order valence-corrected chi connectivity index (χ4v) is 4.10. The van der Waals surface area contributed by atoms with Gasteiger partial charge in [0.2, 0.25) is 5.69 Å². The van der Waals surface area contributed by atoms with Crippen LogP contribution in [0, 0.1) is 20.8 Å². The zero-order chi connectivity index (χ0) is 17.0. The molecule has 2 heterocycles. The maximum absolute atomic E-state index is 8.50. The normalized spacial score (nSPS) is 12.1. The predicted octanol–water partition coefficient (Wildman–Crippen LogP) is 5.47. The van der Waals surface area contributed by atoms with Crippen LogP contribution in [0.5, 0.6) is 0 Å². The van der Waals surface area contributed by atoms with Gasteiger partial charge in [0.15, 0.2) is 5.69 Å². The summed E-state index contributed by atoms with van der Waals surface area (Å²) in [4.78, 5) is 0. The first-order valence-electron chi connectivity index (χ1n) is 8.35. The Hall–Kier alpha value is -2.19. The highest BCUT2D eigenvalue weighted by molar-refractivity contribution is 7.17. The van der Waals surface area contributed by atoms with Gasteiger partial charge in [0.25, 0.3) is 0 Å². The quantitative estimate of drug-likeness (QED) is 0.410. The summed E-state index contributed by atoms with van der Waals surface area (Å²) >= 11 is 1.78. The minimum Gasteiger partial charge on any atom is -0.198 e. The number of fused-ring (bicyclic) bond motifs is 2. The zero-order valence-electron chi connectivity index (χ0n) is 14.9. The van der Waals surface area contributed by atoms with Crippen molar-refractivity contribution in [2.24, 2.45) is 7.05 Å². The van der Waals surface area contributed by atoms with Gasteiger partial charge in [-0.2, -0.15) is 4.57 Å². The molecule has 0 saturated heterocycles. The Bertz CT molecular complexity index is 1110. The first-order chi connectivity index (χ1) is 11.5. The molecule has 0 aliphatic rings. The van der Waals surface area contributed by atoms with Gasteiger partial charge in [-0.25, -0.2) is 0 Å². The van der Waals surface area contributed by atoms with E-state index < -0.39 is 0 Å². The van der Waals surface area contributed by atoms with Gasteiger partial charge < -0.3 is 0 Å². The molecular weight excluding hydrogens is 298 g/mol. The number of hydrogen-bond acceptors (Lipinski definition) is 1. The van der Waals surface area contributed by atoms with Crippen LogP contribution in [0.3, 0.4) is 0 Å². The molecule has 0 saturated carbocycles. The van der Waals surface area contributed by atoms with Crippen LogP contribution in [-0.2, 0) is 7.05 Å². The Balaban J connectivity index is 2.18. The largest absolute Gasteiger partial charge is 0.220 e. The maximum Gasteiger partial charge on any atom is 0.220 e. The Morgan fingerprint density at radius 1 is 1.00 bits per heavy atom. The second-order valence-corrected chi connectivity index (χ2v) is 7.24. The number of hydrogen-bond donors (Lipinski definition) is 0. The molecule has 4 aromatic rings. The van der Waals surface area contributed by atoms with Crippen molar-refractivity contribution >= 4 is 32.2 Å². The molecule has 0 bridgehead atoms. The average Bonchev–Trinajstić information content (AvgIpc) is 3.00. The third-order valence-electron chi connectivity index (χ3n) is 4.64. The smallest absolute Gasteiger partial charge is 0.198 e. The topological polar surface area (TPSA) is 3.88 Å². The van der Waals surface area contributed by atoms with Crippen molar-refractivity contribution in [3.63, 3.8) is 0 Å². The molecule has 114 valence electrons. The van der Waals surface area contributed by atoms with Crippen LogP contribution in [0.4, 0.5) is 0 Å². The summed E-state index contributed by atoms with van der Waals surface area (Å²) in [6.45, 7) is 6.32. The average molecular weight is 319 g/mol. The molecule has 0 radical (unpaired) electrons. The molecule has 2 aromatic heterocycles. The second-order valence-electron chi connectivity index (χ2n) is 6.29. The molecule has 0 spiro atoms. The molecule has 0 N–H and O–H groups in total. The summed E-state index contributed by atoms with van der Waals surface area (Å²) in [6.07, 6.45) is 0. The summed E-state index contributed by atoms with van der Waals surface area (Å²) in [5.41, 5.74) is 5.95. The first kappa shape index (κ1) is 13.3. The summed E-state index contributed by atoms with van der Waals surface area (Å²) < 4.78 is 12.0. The third kappa shape index (κ3) is 2.25. The number of aryl methyl sites for hydroxylation is 2. The number of nitrogens with zero attached hydrogens (tertiary/aromatic N) is 1. The molecule has 2 aromatic carbocycles. The van der Waals surface area contributed by atoms with E-state index in [1.54, 1.807) is 11.3 Å². The summed E-state index contributed by atoms with van der Waals surface area (Å²) in [7, 11) is 2.07. The van der Waals surface area contributed by atoms with E-state index >= 15 is 0 Å². The van der Waals surface area contributed by atoms with E-state index in [0.717, 1.165) is 16.5 Å². The van der Waals surface area contributed by atoms with Crippen LogP contribution in [0.15, 0.2) is 47.8 Å². The van der Waals surface area contributed by atoms with Crippen LogP contribution in [-0.4, -0.2) is 0 Å². The Kier molecular flexibility index (Phi) is 2.98. The van der Waals surface area contributed by atoms with Crippen LogP contribution >= 0.6 is 11.3 Å². The van der Waals surface area contributed by atoms with Gasteiger partial charge >= 0.3 is 0 Å². The highest BCUT2D eigenvalue weighted by Crippen LogP contribution is 2.33. The predicted molar refractivity (Wildman–Crippen MR) is 100 cm³/mol. The van der Waals surface area contributed by atoms with E-state index in [0.29, 0.717) is 6.04 Å². The van der Waals surface area contributed by atoms with Gasteiger partial charge in [-0.3, -0.25) is 0 Å². The highest BCUT2D eigenvalue weighted by atomic mass is 32.1. The van der Waals surface area contributed by atoms with E-state index in [-0.39, 0.29) is 0 Å². The van der Waals surface area contributed by atoms with Crippen molar-refractivity contribution < 1.29 is 5.94 Å². The van der Waals surface area contributed by atoms with Crippen LogP contribution < -0.4 is 4.57 Å². The lowest BCUT2D eigenvalue weighted by molar-refractivity contribution is -0.665. The molecule has 2 heteroatoms. The fourth-order valence-electron chi connectivity index (χ4n) is 3.29. The molecule has 0 amide bonds. The van der Waals surface area contributed by atoms with Crippen molar-refractivity contribution in [2.75, 3.05) is 0 Å². The maximum atomic E-state index is 8.50. The van der Waals surface area contributed by atoms with E-state index in [4.69, 9.17) is 1.37 Å². The van der Waals surface area contributed by atoms with Gasteiger partial charge in [-0.1, -0.05) is 17.7 Å². The highest BCUT2D eigenvalue weighted by Gasteiger charge is 2.20. The lowest BCUT2D eigenvalue weighted by Gasteiger charge is -2.11. The fraction of sp³-hybridized carbons (Fsp3) is 0.190. The summed E-state index contributed by atoms with van der Waals surface area (Å²) in [5, 5.41) is 5.64. The van der Waals surface area contributed by atoms with Crippen molar-refractivity contribution in [1.29, 1.82) is 0 Å². The number of benzene rings is 2. The van der Waals surface area contributed by atoms with E-state index in [9.17, 15) is 0 Å². The standard InChI is InChI=1S/C21H20NS/c1-13-5-6-16-11-15(3)22(4)21(19(16)9-13)18-12-20-17(7-8-23-20)10-14(18)2/h5-12H,1-4H3/q+1/i11D. The molecular formula is C21H20NS+. The second kappa shape index (κ2) is 5.17. The van der Waals surface area contributed by atoms with Crippen molar-refractivity contribution in [2.45, 2.75) is 20.8 Å². The first-order valence-corrected chi connectivity index (χ1v) is 8.73. The lowest BCUT2D eigenvalue weighted by atomic mass is 9.97.